The number of aliphatic hydroxyl groups is 1. The van der Waals surface area contributed by atoms with Gasteiger partial charge in [0.05, 0.1) is 26.4 Å². The molecule has 0 spiro atoms. The highest BCUT2D eigenvalue weighted by molar-refractivity contribution is 7.47. The number of esters is 4. The Morgan fingerprint density at radius 3 is 0.717 bits per heavy atom. The number of carbonyl (C=O) groups excluding carboxylic acids is 4. The first-order valence-corrected chi connectivity index (χ1v) is 48.0. The zero-order valence-electron chi connectivity index (χ0n) is 69.7. The van der Waals surface area contributed by atoms with Crippen LogP contribution in [0.5, 0.6) is 0 Å². The maximum Gasteiger partial charge on any atom is 0.472 e. The monoisotopic (exact) mass is 1550 g/mol. The summed E-state index contributed by atoms with van der Waals surface area (Å²) in [4.78, 5) is 73.1. The predicted molar refractivity (Wildman–Crippen MR) is 437 cm³/mol. The van der Waals surface area contributed by atoms with E-state index in [1.54, 1.807) is 0 Å². The summed E-state index contributed by atoms with van der Waals surface area (Å²) in [7, 11) is -9.92. The number of ether oxygens (including phenoxy) is 4. The molecule has 0 radical (unpaired) electrons. The van der Waals surface area contributed by atoms with Gasteiger partial charge in [-0.15, -0.1) is 0 Å². The standard InChI is InChI=1S/C87H170O17P2/c1-7-10-12-14-16-18-19-20-21-22-26-31-37-42-47-53-59-65-71-86(91)103-82(75-97-84(89)69-63-57-51-17-15-13-11-8-2)77-101-105(93,94)99-73-81(88)74-100-106(95,96)102-78-83(76-98-85(90)70-64-58-52-46-41-36-33-28-29-34-39-44-49-55-61-67-79(4)5)104-87(92)72-66-60-54-48-43-38-32-27-24-23-25-30-35-40-45-50-56-62-68-80(6)9-3/h79-83,88H,7-78H2,1-6H3,(H,93,94)(H,95,96)/t80?,81-,82+,83+/m0/s1. The number of carbonyl (C=O) groups is 4. The molecule has 0 aliphatic rings. The molecule has 0 saturated heterocycles. The van der Waals surface area contributed by atoms with Gasteiger partial charge in [-0.05, 0) is 37.5 Å². The maximum atomic E-state index is 13.1. The van der Waals surface area contributed by atoms with Crippen molar-refractivity contribution in [1.29, 1.82) is 0 Å². The molecule has 0 saturated carbocycles. The molecule has 0 aliphatic heterocycles. The van der Waals surface area contributed by atoms with Gasteiger partial charge in [0.15, 0.2) is 12.2 Å². The summed E-state index contributed by atoms with van der Waals surface area (Å²) in [6.07, 6.45) is 70.9. The van der Waals surface area contributed by atoms with Crippen LogP contribution < -0.4 is 0 Å². The third-order valence-corrected chi connectivity index (χ3v) is 22.7. The van der Waals surface area contributed by atoms with E-state index in [1.165, 1.54) is 276 Å². The van der Waals surface area contributed by atoms with E-state index in [0.717, 1.165) is 108 Å². The molecule has 0 aliphatic carbocycles. The molecular weight excluding hydrogens is 1380 g/mol. The Morgan fingerprint density at radius 2 is 0.481 bits per heavy atom. The Labute approximate surface area is 651 Å². The van der Waals surface area contributed by atoms with Crippen LogP contribution >= 0.6 is 15.6 Å². The molecule has 0 heterocycles. The van der Waals surface area contributed by atoms with Crippen LogP contribution in [0.25, 0.3) is 0 Å². The molecule has 0 aromatic carbocycles. The molecule has 3 unspecified atom stereocenters. The second kappa shape index (κ2) is 78.3. The summed E-state index contributed by atoms with van der Waals surface area (Å²) >= 11 is 0. The lowest BCUT2D eigenvalue weighted by Crippen LogP contribution is -2.30. The third-order valence-electron chi connectivity index (χ3n) is 20.8. The molecule has 106 heavy (non-hydrogen) atoms. The van der Waals surface area contributed by atoms with E-state index in [1.807, 2.05) is 0 Å². The lowest BCUT2D eigenvalue weighted by molar-refractivity contribution is -0.161. The number of rotatable bonds is 86. The summed E-state index contributed by atoms with van der Waals surface area (Å²) in [6.45, 7) is 9.75. The molecular formula is C87H170O17P2. The fraction of sp³-hybridized carbons (Fsp3) is 0.954. The Bertz CT molecular complexity index is 2030. The minimum Gasteiger partial charge on any atom is -0.462 e. The van der Waals surface area contributed by atoms with Crippen molar-refractivity contribution in [3.05, 3.63) is 0 Å². The van der Waals surface area contributed by atoms with Crippen molar-refractivity contribution >= 4 is 39.5 Å². The molecule has 19 heteroatoms. The lowest BCUT2D eigenvalue weighted by Gasteiger charge is -2.21. The fourth-order valence-electron chi connectivity index (χ4n) is 13.6. The van der Waals surface area contributed by atoms with Gasteiger partial charge in [0.1, 0.15) is 19.3 Å². The largest absolute Gasteiger partial charge is 0.472 e. The summed E-state index contributed by atoms with van der Waals surface area (Å²) in [5.74, 6) is -0.426. The molecule has 630 valence electrons. The number of hydrogen-bond donors (Lipinski definition) is 3. The maximum absolute atomic E-state index is 13.1. The summed E-state index contributed by atoms with van der Waals surface area (Å²) in [5, 5.41) is 10.7. The quantitative estimate of drug-likeness (QED) is 0.0222. The highest BCUT2D eigenvalue weighted by Gasteiger charge is 2.30. The normalized spacial score (nSPS) is 14.1. The molecule has 0 bridgehead atoms. The highest BCUT2D eigenvalue weighted by Crippen LogP contribution is 2.45. The average molecular weight is 1550 g/mol. The number of aliphatic hydroxyl groups excluding tert-OH is 1. The van der Waals surface area contributed by atoms with E-state index < -0.39 is 97.5 Å². The number of phosphoric ester groups is 2. The molecule has 0 aromatic rings. The van der Waals surface area contributed by atoms with Crippen molar-refractivity contribution in [3.8, 4) is 0 Å². The van der Waals surface area contributed by atoms with Crippen molar-refractivity contribution in [3.63, 3.8) is 0 Å². The first-order chi connectivity index (χ1) is 51.4. The Morgan fingerprint density at radius 1 is 0.274 bits per heavy atom. The minimum atomic E-state index is -4.97. The van der Waals surface area contributed by atoms with Crippen molar-refractivity contribution in [2.45, 2.75) is 484 Å². The molecule has 6 atom stereocenters. The topological polar surface area (TPSA) is 237 Å². The van der Waals surface area contributed by atoms with E-state index in [0.29, 0.717) is 25.7 Å². The van der Waals surface area contributed by atoms with Crippen molar-refractivity contribution in [1.82, 2.24) is 0 Å². The Kier molecular flexibility index (Phi) is 76.9. The molecule has 3 N–H and O–H groups in total. The van der Waals surface area contributed by atoms with Crippen LogP contribution in [-0.4, -0.2) is 96.7 Å². The molecule has 0 fully saturated rings. The molecule has 0 rings (SSSR count). The van der Waals surface area contributed by atoms with Crippen molar-refractivity contribution in [2.75, 3.05) is 39.6 Å². The van der Waals surface area contributed by atoms with Crippen LogP contribution in [0.15, 0.2) is 0 Å². The number of hydrogen-bond acceptors (Lipinski definition) is 15. The fourth-order valence-corrected chi connectivity index (χ4v) is 15.1. The van der Waals surface area contributed by atoms with Crippen LogP contribution in [0.4, 0.5) is 0 Å². The summed E-state index contributed by atoms with van der Waals surface area (Å²) < 4.78 is 68.8. The van der Waals surface area contributed by atoms with Crippen LogP contribution in [0.3, 0.4) is 0 Å². The van der Waals surface area contributed by atoms with Gasteiger partial charge >= 0.3 is 39.5 Å². The van der Waals surface area contributed by atoms with Gasteiger partial charge in [-0.3, -0.25) is 37.3 Å². The average Bonchev–Trinajstić information content (AvgIpc) is 0.903. The van der Waals surface area contributed by atoms with Crippen molar-refractivity contribution in [2.24, 2.45) is 11.8 Å². The summed E-state index contributed by atoms with van der Waals surface area (Å²) in [6, 6.07) is 0. The Hall–Kier alpha value is -1.94. The van der Waals surface area contributed by atoms with E-state index in [-0.39, 0.29) is 25.7 Å². The van der Waals surface area contributed by atoms with Gasteiger partial charge in [0.25, 0.3) is 0 Å². The van der Waals surface area contributed by atoms with Gasteiger partial charge in [0.2, 0.25) is 0 Å². The summed E-state index contributed by atoms with van der Waals surface area (Å²) in [5.41, 5.74) is 0. The second-order valence-corrected chi connectivity index (χ2v) is 34.9. The van der Waals surface area contributed by atoms with Gasteiger partial charge < -0.3 is 33.8 Å². The zero-order chi connectivity index (χ0) is 77.8. The molecule has 0 aromatic heterocycles. The first-order valence-electron chi connectivity index (χ1n) is 45.0. The second-order valence-electron chi connectivity index (χ2n) is 32.0. The van der Waals surface area contributed by atoms with Crippen LogP contribution in [0, 0.1) is 11.8 Å². The van der Waals surface area contributed by atoms with Crippen LogP contribution in [0.2, 0.25) is 0 Å². The van der Waals surface area contributed by atoms with E-state index >= 15 is 0 Å². The van der Waals surface area contributed by atoms with Crippen LogP contribution in [-0.2, 0) is 65.4 Å². The van der Waals surface area contributed by atoms with Crippen LogP contribution in [0.1, 0.15) is 465 Å². The molecule has 0 amide bonds. The number of unbranched alkanes of at least 4 members (excludes halogenated alkanes) is 55. The first kappa shape index (κ1) is 104. The van der Waals surface area contributed by atoms with Gasteiger partial charge in [0, 0.05) is 25.7 Å². The Balaban J connectivity index is 5.18. The minimum absolute atomic E-state index is 0.109. The highest BCUT2D eigenvalue weighted by atomic mass is 31.2. The molecule has 17 nitrogen and oxygen atoms in total. The zero-order valence-corrected chi connectivity index (χ0v) is 71.5. The smallest absolute Gasteiger partial charge is 0.462 e. The lowest BCUT2D eigenvalue weighted by atomic mass is 9.99. The SMILES string of the molecule is CCCCCCCCCCCCCCCCCCCCC(=O)O[C@H](COC(=O)CCCCCCCCCC)COP(=O)(O)OC[C@H](O)COP(=O)(O)OC[C@@H](COC(=O)CCCCCCCCCCCCCCCCCC(C)C)OC(=O)CCCCCCCCCCCCCCCCCCCCC(C)CC. The van der Waals surface area contributed by atoms with E-state index in [2.05, 4.69) is 41.5 Å². The van der Waals surface area contributed by atoms with E-state index in [9.17, 15) is 43.2 Å². The van der Waals surface area contributed by atoms with Crippen molar-refractivity contribution < 1.29 is 80.2 Å². The predicted octanol–water partition coefficient (Wildman–Crippen LogP) is 26.6. The van der Waals surface area contributed by atoms with Gasteiger partial charge in [-0.2, -0.15) is 0 Å². The van der Waals surface area contributed by atoms with Gasteiger partial charge in [-0.1, -0.05) is 414 Å². The number of phosphoric acid groups is 2. The van der Waals surface area contributed by atoms with Gasteiger partial charge in [-0.25, -0.2) is 9.13 Å². The van der Waals surface area contributed by atoms with E-state index in [4.69, 9.17) is 37.0 Å². The third kappa shape index (κ3) is 78.7.